The second-order valence-corrected chi connectivity index (χ2v) is 10.8. The Hall–Kier alpha value is -2.12. The van der Waals surface area contributed by atoms with E-state index in [0.29, 0.717) is 23.6 Å². The van der Waals surface area contributed by atoms with Crippen molar-refractivity contribution in [3.05, 3.63) is 51.2 Å². The Balaban J connectivity index is 2.61. The van der Waals surface area contributed by atoms with E-state index >= 15 is 0 Å². The first-order chi connectivity index (χ1) is 14.9. The SMILES string of the molecule is CCCCS(=O)(=O)Oc1c(C(=O)c2ccc(Cl)c(C(C)=C(C)C)c2C)cnn1CC(C)C. The Morgan fingerprint density at radius 3 is 2.41 bits per heavy atom. The third-order valence-electron chi connectivity index (χ3n) is 5.31. The molecule has 0 fully saturated rings. The number of ketones is 1. The van der Waals surface area contributed by atoms with Gasteiger partial charge >= 0.3 is 10.1 Å². The van der Waals surface area contributed by atoms with Crippen molar-refractivity contribution in [1.82, 2.24) is 9.78 Å². The number of unbranched alkanes of at least 4 members (excludes halogenated alkanes) is 1. The monoisotopic (exact) mass is 480 g/mol. The van der Waals surface area contributed by atoms with Crippen LogP contribution in [0.1, 0.15) is 81.4 Å². The smallest absolute Gasteiger partial charge is 0.310 e. The number of benzene rings is 1. The van der Waals surface area contributed by atoms with Crippen molar-refractivity contribution in [3.8, 4) is 5.88 Å². The molecule has 0 saturated carbocycles. The van der Waals surface area contributed by atoms with Gasteiger partial charge in [0.15, 0.2) is 5.78 Å². The minimum absolute atomic E-state index is 0.0327. The number of hydrogen-bond acceptors (Lipinski definition) is 5. The molecule has 0 atom stereocenters. The van der Waals surface area contributed by atoms with E-state index in [-0.39, 0.29) is 28.9 Å². The van der Waals surface area contributed by atoms with Gasteiger partial charge in [0.25, 0.3) is 0 Å². The van der Waals surface area contributed by atoms with E-state index < -0.39 is 10.1 Å². The molecule has 0 amide bonds. The van der Waals surface area contributed by atoms with Gasteiger partial charge in [-0.2, -0.15) is 13.5 Å². The summed E-state index contributed by atoms with van der Waals surface area (Å²) in [5.41, 5.74) is 4.19. The molecule has 176 valence electrons. The zero-order valence-corrected chi connectivity index (χ0v) is 21.5. The third-order valence-corrected chi connectivity index (χ3v) is 6.83. The second kappa shape index (κ2) is 10.7. The maximum Gasteiger partial charge on any atom is 0.310 e. The Labute approximate surface area is 196 Å². The van der Waals surface area contributed by atoms with Crippen LogP contribution in [0.3, 0.4) is 0 Å². The average molecular weight is 481 g/mol. The van der Waals surface area contributed by atoms with Crippen molar-refractivity contribution in [2.75, 3.05) is 5.75 Å². The van der Waals surface area contributed by atoms with Gasteiger partial charge in [-0.1, -0.05) is 44.4 Å². The molecule has 0 unspecified atom stereocenters. The van der Waals surface area contributed by atoms with Crippen LogP contribution in [0.2, 0.25) is 5.02 Å². The van der Waals surface area contributed by atoms with Gasteiger partial charge in [-0.25, -0.2) is 4.68 Å². The molecular formula is C24H33ClN2O4S. The highest BCUT2D eigenvalue weighted by atomic mass is 35.5. The zero-order valence-electron chi connectivity index (χ0n) is 20.0. The van der Waals surface area contributed by atoms with E-state index in [1.54, 1.807) is 12.1 Å². The van der Waals surface area contributed by atoms with E-state index in [2.05, 4.69) is 5.10 Å². The van der Waals surface area contributed by atoms with Crippen molar-refractivity contribution in [3.63, 3.8) is 0 Å². The summed E-state index contributed by atoms with van der Waals surface area (Å²) < 4.78 is 32.0. The number of aromatic nitrogens is 2. The van der Waals surface area contributed by atoms with Gasteiger partial charge in [-0.3, -0.25) is 4.79 Å². The van der Waals surface area contributed by atoms with Crippen LogP contribution in [0.5, 0.6) is 5.88 Å². The maximum atomic E-state index is 13.6. The lowest BCUT2D eigenvalue weighted by Gasteiger charge is -2.15. The lowest BCUT2D eigenvalue weighted by atomic mass is 9.92. The van der Waals surface area contributed by atoms with Crippen LogP contribution in [-0.2, 0) is 16.7 Å². The lowest BCUT2D eigenvalue weighted by Crippen LogP contribution is -2.19. The topological polar surface area (TPSA) is 78.3 Å². The van der Waals surface area contributed by atoms with E-state index in [0.717, 1.165) is 28.7 Å². The molecule has 0 N–H and O–H groups in total. The van der Waals surface area contributed by atoms with Crippen LogP contribution in [0, 0.1) is 12.8 Å². The quantitative estimate of drug-likeness (QED) is 0.305. The number of carbonyl (C=O) groups excluding carboxylic acids is 1. The standard InChI is InChI=1S/C24H33ClN2O4S/c1-8-9-12-32(29,30)31-24-20(13-26-27(24)14-15(2)3)23(28)19-10-11-21(25)22(18(19)7)17(6)16(4)5/h10-11,13,15H,8-9,12,14H2,1-7H3. The van der Waals surface area contributed by atoms with Crippen LogP contribution >= 0.6 is 11.6 Å². The second-order valence-electron chi connectivity index (χ2n) is 8.69. The highest BCUT2D eigenvalue weighted by molar-refractivity contribution is 7.87. The predicted molar refractivity (Wildman–Crippen MR) is 130 cm³/mol. The van der Waals surface area contributed by atoms with Crippen LogP contribution in [0.25, 0.3) is 5.57 Å². The normalized spacial score (nSPS) is 11.7. The first-order valence-electron chi connectivity index (χ1n) is 10.9. The van der Waals surface area contributed by atoms with Crippen LogP contribution in [0.4, 0.5) is 0 Å². The van der Waals surface area contributed by atoms with Crippen molar-refractivity contribution >= 4 is 33.1 Å². The van der Waals surface area contributed by atoms with E-state index in [9.17, 15) is 13.2 Å². The van der Waals surface area contributed by atoms with E-state index in [4.69, 9.17) is 15.8 Å². The highest BCUT2D eigenvalue weighted by Gasteiger charge is 2.27. The molecule has 32 heavy (non-hydrogen) atoms. The molecule has 1 heterocycles. The molecule has 1 aromatic carbocycles. The van der Waals surface area contributed by atoms with E-state index in [1.807, 2.05) is 48.5 Å². The lowest BCUT2D eigenvalue weighted by molar-refractivity contribution is 0.103. The molecule has 1 aromatic heterocycles. The van der Waals surface area contributed by atoms with Crippen molar-refractivity contribution in [2.45, 2.75) is 67.9 Å². The molecule has 0 aliphatic heterocycles. The van der Waals surface area contributed by atoms with Crippen molar-refractivity contribution in [2.24, 2.45) is 5.92 Å². The summed E-state index contributed by atoms with van der Waals surface area (Å²) in [4.78, 5) is 13.6. The van der Waals surface area contributed by atoms with Gasteiger partial charge in [-0.15, -0.1) is 0 Å². The number of carbonyl (C=O) groups is 1. The summed E-state index contributed by atoms with van der Waals surface area (Å²) in [6.45, 7) is 14.1. The Bertz CT molecular complexity index is 1130. The Morgan fingerprint density at radius 1 is 1.19 bits per heavy atom. The molecule has 0 spiro atoms. The van der Waals surface area contributed by atoms with Gasteiger partial charge in [0, 0.05) is 17.1 Å². The zero-order chi connectivity index (χ0) is 24.2. The van der Waals surface area contributed by atoms with Gasteiger partial charge in [-0.05, 0) is 68.9 Å². The van der Waals surface area contributed by atoms with Gasteiger partial charge in [0.2, 0.25) is 5.88 Å². The first kappa shape index (κ1) is 26.1. The van der Waals surface area contributed by atoms with Gasteiger partial charge in [0.1, 0.15) is 5.56 Å². The van der Waals surface area contributed by atoms with Gasteiger partial charge in [0.05, 0.1) is 11.9 Å². The minimum atomic E-state index is -3.85. The third kappa shape index (κ3) is 6.01. The summed E-state index contributed by atoms with van der Waals surface area (Å²) >= 11 is 6.45. The molecule has 0 aliphatic carbocycles. The molecule has 0 radical (unpaired) electrons. The minimum Gasteiger partial charge on any atom is -0.361 e. The Morgan fingerprint density at radius 2 is 1.84 bits per heavy atom. The summed E-state index contributed by atoms with van der Waals surface area (Å²) in [6.07, 6.45) is 2.58. The maximum absolute atomic E-state index is 13.6. The van der Waals surface area contributed by atoms with Crippen molar-refractivity contribution in [1.29, 1.82) is 0 Å². The molecule has 0 bridgehead atoms. The number of allylic oxidation sites excluding steroid dienone is 2. The molecule has 2 rings (SSSR count). The van der Waals surface area contributed by atoms with Crippen molar-refractivity contribution < 1.29 is 17.4 Å². The summed E-state index contributed by atoms with van der Waals surface area (Å²) in [6, 6.07) is 3.36. The molecule has 0 saturated heterocycles. The fourth-order valence-corrected chi connectivity index (χ4v) is 4.85. The fraction of sp³-hybridized carbons (Fsp3) is 0.500. The predicted octanol–water partition coefficient (Wildman–Crippen LogP) is 6.05. The largest absolute Gasteiger partial charge is 0.361 e. The fourth-order valence-electron chi connectivity index (χ4n) is 3.36. The molecule has 6 nitrogen and oxygen atoms in total. The number of hydrogen-bond donors (Lipinski definition) is 0. The molecule has 2 aromatic rings. The van der Waals surface area contributed by atoms with Crippen LogP contribution < -0.4 is 4.18 Å². The summed E-state index contributed by atoms with van der Waals surface area (Å²) in [7, 11) is -3.85. The summed E-state index contributed by atoms with van der Waals surface area (Å²) in [5.74, 6) is -0.316. The average Bonchev–Trinajstić information content (AvgIpc) is 3.06. The highest BCUT2D eigenvalue weighted by Crippen LogP contribution is 2.33. The molecule has 8 heteroatoms. The van der Waals surface area contributed by atoms with Crippen LogP contribution in [-0.4, -0.2) is 29.7 Å². The molecular weight excluding hydrogens is 448 g/mol. The first-order valence-corrected chi connectivity index (χ1v) is 12.8. The summed E-state index contributed by atoms with van der Waals surface area (Å²) in [5, 5.41) is 4.83. The molecule has 0 aliphatic rings. The number of rotatable bonds is 10. The Kier molecular flexibility index (Phi) is 8.71. The van der Waals surface area contributed by atoms with E-state index in [1.165, 1.54) is 10.9 Å². The number of halogens is 1. The number of nitrogens with zero attached hydrogens (tertiary/aromatic N) is 2. The van der Waals surface area contributed by atoms with Gasteiger partial charge < -0.3 is 4.18 Å². The van der Waals surface area contributed by atoms with Crippen LogP contribution in [0.15, 0.2) is 23.9 Å².